The lowest BCUT2D eigenvalue weighted by Crippen LogP contribution is -2.33. The number of ketones is 1. The number of carbonyl (C=O) groups is 2. The van der Waals surface area contributed by atoms with Crippen LogP contribution in [0.25, 0.3) is 5.76 Å². The molecule has 0 bridgehead atoms. The molecule has 0 spiro atoms. The Hall–Kier alpha value is -2.74. The molecule has 186 valence electrons. The minimum Gasteiger partial charge on any atom is -0.507 e. The van der Waals surface area contributed by atoms with E-state index in [1.807, 2.05) is 0 Å². The summed E-state index contributed by atoms with van der Waals surface area (Å²) in [5, 5.41) is 12.0. The molecule has 2 aromatic rings. The van der Waals surface area contributed by atoms with Crippen molar-refractivity contribution < 1.29 is 24.2 Å². The first-order valence-electron chi connectivity index (χ1n) is 11.7. The van der Waals surface area contributed by atoms with Gasteiger partial charge in [-0.25, -0.2) is 0 Å². The van der Waals surface area contributed by atoms with Crippen LogP contribution in [0.4, 0.5) is 0 Å². The van der Waals surface area contributed by atoms with Crippen molar-refractivity contribution in [2.24, 2.45) is 0 Å². The second-order valence-corrected chi connectivity index (χ2v) is 9.22. The van der Waals surface area contributed by atoms with Crippen molar-refractivity contribution in [1.82, 2.24) is 9.80 Å². The van der Waals surface area contributed by atoms with Gasteiger partial charge in [-0.05, 0) is 62.0 Å². The van der Waals surface area contributed by atoms with E-state index in [1.165, 1.54) is 4.90 Å². The van der Waals surface area contributed by atoms with Gasteiger partial charge in [0.15, 0.2) is 11.5 Å². The van der Waals surface area contributed by atoms with E-state index in [0.29, 0.717) is 58.9 Å². The minimum absolute atomic E-state index is 0.00732. The summed E-state index contributed by atoms with van der Waals surface area (Å²) < 4.78 is 11.2. The average Bonchev–Trinajstić information content (AvgIpc) is 3.12. The summed E-state index contributed by atoms with van der Waals surface area (Å²) in [6.45, 7) is 7.92. The lowest BCUT2D eigenvalue weighted by Gasteiger charge is -2.27. The first-order valence-corrected chi connectivity index (χ1v) is 12.5. The number of hydrogen-bond donors (Lipinski definition) is 1. The number of benzene rings is 2. The molecule has 0 saturated carbocycles. The van der Waals surface area contributed by atoms with E-state index in [4.69, 9.17) is 32.7 Å². The van der Waals surface area contributed by atoms with Crippen LogP contribution < -0.4 is 9.47 Å². The Kier molecular flexibility index (Phi) is 7.89. The molecule has 4 rings (SSSR count). The van der Waals surface area contributed by atoms with E-state index in [1.54, 1.807) is 36.4 Å². The van der Waals surface area contributed by atoms with Crippen LogP contribution in [0.15, 0.2) is 42.0 Å². The van der Waals surface area contributed by atoms with Gasteiger partial charge in [-0.2, -0.15) is 0 Å². The maximum absolute atomic E-state index is 13.2. The van der Waals surface area contributed by atoms with Gasteiger partial charge in [0.1, 0.15) is 19.0 Å². The Morgan fingerprint density at radius 1 is 1.03 bits per heavy atom. The van der Waals surface area contributed by atoms with Gasteiger partial charge in [0.25, 0.3) is 11.7 Å². The maximum atomic E-state index is 13.2. The van der Waals surface area contributed by atoms with E-state index in [9.17, 15) is 14.7 Å². The molecular formula is C26H28Cl2N2O5. The Labute approximate surface area is 214 Å². The summed E-state index contributed by atoms with van der Waals surface area (Å²) in [5.41, 5.74) is 0.967. The smallest absolute Gasteiger partial charge is 0.295 e. The van der Waals surface area contributed by atoms with Crippen molar-refractivity contribution in [1.29, 1.82) is 0 Å². The van der Waals surface area contributed by atoms with Crippen LogP contribution in [0.1, 0.15) is 37.4 Å². The third kappa shape index (κ3) is 5.13. The van der Waals surface area contributed by atoms with Crippen LogP contribution in [0.5, 0.6) is 11.5 Å². The molecule has 35 heavy (non-hydrogen) atoms. The fourth-order valence-corrected chi connectivity index (χ4v) is 4.80. The van der Waals surface area contributed by atoms with Gasteiger partial charge in [0.05, 0.1) is 21.7 Å². The quantitative estimate of drug-likeness (QED) is 0.303. The average molecular weight is 519 g/mol. The van der Waals surface area contributed by atoms with Gasteiger partial charge < -0.3 is 24.4 Å². The third-order valence-electron chi connectivity index (χ3n) is 6.38. The van der Waals surface area contributed by atoms with E-state index >= 15 is 0 Å². The molecule has 0 aromatic heterocycles. The highest BCUT2D eigenvalue weighted by molar-refractivity contribution is 6.46. The highest BCUT2D eigenvalue weighted by atomic mass is 35.5. The SMILES string of the molecule is CCN(CC)CCCN1C(=O)C(=O)/C(=C(/O)c2ccc3c(c2)OCCO3)[C@H]1c1ccc(Cl)c(Cl)c1. The number of hydrogen-bond acceptors (Lipinski definition) is 6. The number of aliphatic hydroxyl groups is 1. The van der Waals surface area contributed by atoms with Crippen LogP contribution >= 0.6 is 23.2 Å². The summed E-state index contributed by atoms with van der Waals surface area (Å²) >= 11 is 12.4. The summed E-state index contributed by atoms with van der Waals surface area (Å²) in [5.74, 6) is -0.635. The van der Waals surface area contributed by atoms with Crippen LogP contribution in [0.2, 0.25) is 10.0 Å². The van der Waals surface area contributed by atoms with Gasteiger partial charge in [-0.1, -0.05) is 43.1 Å². The largest absolute Gasteiger partial charge is 0.507 e. The monoisotopic (exact) mass is 518 g/mol. The molecule has 7 nitrogen and oxygen atoms in total. The topological polar surface area (TPSA) is 79.3 Å². The number of halogens is 2. The molecule has 1 N–H and O–H groups in total. The maximum Gasteiger partial charge on any atom is 0.295 e. The minimum atomic E-state index is -0.797. The van der Waals surface area contributed by atoms with Crippen molar-refractivity contribution in [3.8, 4) is 11.5 Å². The fourth-order valence-electron chi connectivity index (χ4n) is 4.49. The highest BCUT2D eigenvalue weighted by Crippen LogP contribution is 2.42. The number of amides is 1. The Morgan fingerprint density at radius 3 is 2.43 bits per heavy atom. The summed E-state index contributed by atoms with van der Waals surface area (Å²) in [4.78, 5) is 30.1. The molecule has 0 unspecified atom stereocenters. The molecule has 2 heterocycles. The van der Waals surface area contributed by atoms with Crippen LogP contribution in [0.3, 0.4) is 0 Å². The molecular weight excluding hydrogens is 491 g/mol. The summed E-state index contributed by atoms with van der Waals surface area (Å²) in [7, 11) is 0. The van der Waals surface area contributed by atoms with E-state index < -0.39 is 17.7 Å². The van der Waals surface area contributed by atoms with Crippen LogP contribution in [-0.4, -0.2) is 66.0 Å². The fraction of sp³-hybridized carbons (Fsp3) is 0.385. The van der Waals surface area contributed by atoms with Gasteiger partial charge in [-0.3, -0.25) is 9.59 Å². The molecule has 0 aliphatic carbocycles. The molecule has 1 amide bonds. The van der Waals surface area contributed by atoms with Crippen molar-refractivity contribution in [3.05, 3.63) is 63.1 Å². The Bertz CT molecular complexity index is 1160. The lowest BCUT2D eigenvalue weighted by molar-refractivity contribution is -0.140. The number of aliphatic hydroxyl groups excluding tert-OH is 1. The molecule has 1 saturated heterocycles. The van der Waals surface area contributed by atoms with Crippen molar-refractivity contribution in [3.63, 3.8) is 0 Å². The van der Waals surface area contributed by atoms with Crippen molar-refractivity contribution in [2.45, 2.75) is 26.3 Å². The van der Waals surface area contributed by atoms with Crippen molar-refractivity contribution >= 4 is 40.7 Å². The third-order valence-corrected chi connectivity index (χ3v) is 7.12. The number of ether oxygens (including phenoxy) is 2. The molecule has 2 aliphatic heterocycles. The van der Waals surface area contributed by atoms with Gasteiger partial charge in [0.2, 0.25) is 0 Å². The van der Waals surface area contributed by atoms with Gasteiger partial charge >= 0.3 is 0 Å². The van der Waals surface area contributed by atoms with Gasteiger partial charge in [-0.15, -0.1) is 0 Å². The van der Waals surface area contributed by atoms with Crippen LogP contribution in [-0.2, 0) is 9.59 Å². The molecule has 0 radical (unpaired) electrons. The van der Waals surface area contributed by atoms with E-state index in [2.05, 4.69) is 18.7 Å². The zero-order valence-electron chi connectivity index (χ0n) is 19.7. The number of carbonyl (C=O) groups excluding carboxylic acids is 2. The van der Waals surface area contributed by atoms with Crippen molar-refractivity contribution in [2.75, 3.05) is 39.4 Å². The molecule has 2 aliphatic rings. The second-order valence-electron chi connectivity index (χ2n) is 8.40. The molecule has 1 atom stereocenters. The standard InChI is InChI=1S/C26H28Cl2N2O5/c1-3-29(4-2)10-5-11-30-23(16-6-8-18(27)19(28)14-16)22(25(32)26(30)33)24(31)17-7-9-20-21(15-17)35-13-12-34-20/h6-9,14-15,23,31H,3-5,10-13H2,1-2H3/b24-22+/t23-/m1/s1. The zero-order chi connectivity index (χ0) is 25.1. The van der Waals surface area contributed by atoms with Crippen LogP contribution in [0, 0.1) is 0 Å². The highest BCUT2D eigenvalue weighted by Gasteiger charge is 2.46. The van der Waals surface area contributed by atoms with E-state index in [0.717, 1.165) is 19.6 Å². The summed E-state index contributed by atoms with van der Waals surface area (Å²) in [6.07, 6.45) is 0.677. The number of fused-ring (bicyclic) bond motifs is 1. The predicted molar refractivity (Wildman–Crippen MR) is 135 cm³/mol. The number of likely N-dealkylation sites (tertiary alicyclic amines) is 1. The number of Topliss-reactive ketones (excluding diaryl/α,β-unsaturated/α-hetero) is 1. The normalized spacial score (nSPS) is 19.0. The lowest BCUT2D eigenvalue weighted by atomic mass is 9.95. The molecule has 1 fully saturated rings. The first-order chi connectivity index (χ1) is 16.8. The predicted octanol–water partition coefficient (Wildman–Crippen LogP) is 4.92. The van der Waals surface area contributed by atoms with Gasteiger partial charge in [0, 0.05) is 12.1 Å². The Morgan fingerprint density at radius 2 is 1.74 bits per heavy atom. The molecule has 2 aromatic carbocycles. The summed E-state index contributed by atoms with van der Waals surface area (Å²) in [6, 6.07) is 9.12. The zero-order valence-corrected chi connectivity index (χ0v) is 21.2. The molecule has 9 heteroatoms. The number of nitrogens with zero attached hydrogens (tertiary/aromatic N) is 2. The number of rotatable bonds is 8. The first kappa shape index (κ1) is 25.4. The van der Waals surface area contributed by atoms with E-state index in [-0.39, 0.29) is 11.3 Å². The Balaban J connectivity index is 1.75. The second kappa shape index (κ2) is 10.9.